The zero-order chi connectivity index (χ0) is 14.8. The largest absolute Gasteiger partial charge is 0.332 e. The highest BCUT2D eigenvalue weighted by Gasteiger charge is 2.31. The SMILES string of the molecule is CC1CCCC(C)N1C(=O)c1cn(C2CCNCC2)nn1.Cl. The fraction of sp³-hybridized carbons (Fsp3) is 0.800. The standard InChI is InChI=1S/C15H25N5O.ClH/c1-11-4-3-5-12(2)20(11)15(21)14-10-19(18-17-14)13-6-8-16-9-7-13;/h10-13,16H,3-9H2,1-2H3;1H. The van der Waals surface area contributed by atoms with E-state index in [0.717, 1.165) is 38.8 Å². The summed E-state index contributed by atoms with van der Waals surface area (Å²) in [6.07, 6.45) is 7.30. The van der Waals surface area contributed by atoms with Crippen LogP contribution in [0.4, 0.5) is 0 Å². The van der Waals surface area contributed by atoms with Crippen molar-refractivity contribution in [2.24, 2.45) is 0 Å². The van der Waals surface area contributed by atoms with Crippen molar-refractivity contribution in [3.05, 3.63) is 11.9 Å². The van der Waals surface area contributed by atoms with E-state index in [9.17, 15) is 4.79 Å². The van der Waals surface area contributed by atoms with Crippen LogP contribution in [0.3, 0.4) is 0 Å². The van der Waals surface area contributed by atoms with Crippen LogP contribution in [0.5, 0.6) is 0 Å². The van der Waals surface area contributed by atoms with Gasteiger partial charge in [0.25, 0.3) is 5.91 Å². The predicted molar refractivity (Wildman–Crippen MR) is 87.4 cm³/mol. The number of aromatic nitrogens is 3. The van der Waals surface area contributed by atoms with Gasteiger partial charge in [-0.25, -0.2) is 4.68 Å². The summed E-state index contributed by atoms with van der Waals surface area (Å²) in [6.45, 7) is 6.28. The van der Waals surface area contributed by atoms with Crippen LogP contribution in [0.1, 0.15) is 62.5 Å². The van der Waals surface area contributed by atoms with Crippen LogP contribution in [-0.2, 0) is 0 Å². The van der Waals surface area contributed by atoms with E-state index in [-0.39, 0.29) is 18.3 Å². The lowest BCUT2D eigenvalue weighted by Gasteiger charge is -2.38. The molecule has 2 aliphatic rings. The summed E-state index contributed by atoms with van der Waals surface area (Å²) in [7, 11) is 0. The Labute approximate surface area is 138 Å². The number of nitrogens with one attached hydrogen (secondary N) is 1. The van der Waals surface area contributed by atoms with Crippen LogP contribution in [0.15, 0.2) is 6.20 Å². The Bertz CT molecular complexity index is 490. The molecule has 0 saturated carbocycles. The number of likely N-dealkylation sites (tertiary alicyclic amines) is 1. The molecule has 1 N–H and O–H groups in total. The first kappa shape index (κ1) is 17.2. The van der Waals surface area contributed by atoms with Crippen molar-refractivity contribution in [1.82, 2.24) is 25.2 Å². The lowest BCUT2D eigenvalue weighted by molar-refractivity contribution is 0.0504. The number of carbonyl (C=O) groups is 1. The Morgan fingerprint density at radius 3 is 2.45 bits per heavy atom. The van der Waals surface area contributed by atoms with Crippen molar-refractivity contribution >= 4 is 18.3 Å². The molecule has 0 bridgehead atoms. The van der Waals surface area contributed by atoms with E-state index in [2.05, 4.69) is 29.5 Å². The normalized spacial score (nSPS) is 26.5. The van der Waals surface area contributed by atoms with Gasteiger partial charge in [0, 0.05) is 12.1 Å². The molecule has 2 atom stereocenters. The molecule has 0 aliphatic carbocycles. The van der Waals surface area contributed by atoms with E-state index in [1.807, 2.05) is 15.8 Å². The van der Waals surface area contributed by atoms with E-state index in [0.29, 0.717) is 23.8 Å². The lowest BCUT2D eigenvalue weighted by Crippen LogP contribution is -2.47. The second kappa shape index (κ2) is 7.42. The highest BCUT2D eigenvalue weighted by Crippen LogP contribution is 2.24. The monoisotopic (exact) mass is 327 g/mol. The maximum Gasteiger partial charge on any atom is 0.276 e. The molecule has 7 heteroatoms. The number of piperidine rings is 2. The topological polar surface area (TPSA) is 63.1 Å². The Balaban J connectivity index is 0.00000176. The maximum atomic E-state index is 12.7. The number of carbonyl (C=O) groups excluding carboxylic acids is 1. The molecule has 2 aliphatic heterocycles. The average molecular weight is 328 g/mol. The van der Waals surface area contributed by atoms with Gasteiger partial charge >= 0.3 is 0 Å². The van der Waals surface area contributed by atoms with Gasteiger partial charge in [0.1, 0.15) is 0 Å². The summed E-state index contributed by atoms with van der Waals surface area (Å²) in [6, 6.07) is 0.965. The average Bonchev–Trinajstić information content (AvgIpc) is 2.97. The van der Waals surface area contributed by atoms with Crippen molar-refractivity contribution in [2.45, 2.75) is 64.1 Å². The molecule has 3 rings (SSSR count). The maximum absolute atomic E-state index is 12.7. The molecule has 2 unspecified atom stereocenters. The van der Waals surface area contributed by atoms with E-state index in [4.69, 9.17) is 0 Å². The van der Waals surface area contributed by atoms with Crippen LogP contribution in [0.25, 0.3) is 0 Å². The van der Waals surface area contributed by atoms with Gasteiger partial charge in [0.2, 0.25) is 0 Å². The number of hydrogen-bond donors (Lipinski definition) is 1. The Kier molecular flexibility index (Phi) is 5.81. The first-order chi connectivity index (χ1) is 10.2. The van der Waals surface area contributed by atoms with Gasteiger partial charge in [0.05, 0.1) is 12.2 Å². The molecule has 1 aromatic rings. The van der Waals surface area contributed by atoms with Crippen molar-refractivity contribution in [2.75, 3.05) is 13.1 Å². The van der Waals surface area contributed by atoms with Crippen LogP contribution >= 0.6 is 12.4 Å². The van der Waals surface area contributed by atoms with Crippen molar-refractivity contribution < 1.29 is 4.79 Å². The summed E-state index contributed by atoms with van der Waals surface area (Å²) in [5, 5.41) is 11.7. The summed E-state index contributed by atoms with van der Waals surface area (Å²) in [4.78, 5) is 14.7. The molecule has 6 nitrogen and oxygen atoms in total. The van der Waals surface area contributed by atoms with Gasteiger partial charge < -0.3 is 10.2 Å². The number of amides is 1. The second-order valence-electron chi connectivity index (χ2n) is 6.41. The molecule has 0 aromatic carbocycles. The van der Waals surface area contributed by atoms with Crippen LogP contribution < -0.4 is 5.32 Å². The minimum Gasteiger partial charge on any atom is -0.332 e. The molecule has 1 aromatic heterocycles. The number of nitrogens with zero attached hydrogens (tertiary/aromatic N) is 4. The van der Waals surface area contributed by atoms with E-state index >= 15 is 0 Å². The summed E-state index contributed by atoms with van der Waals surface area (Å²) in [5.41, 5.74) is 0.495. The molecule has 2 fully saturated rings. The first-order valence-corrected chi connectivity index (χ1v) is 8.12. The third-order valence-electron chi connectivity index (χ3n) is 4.84. The minimum atomic E-state index is 0. The van der Waals surface area contributed by atoms with Crippen LogP contribution in [0.2, 0.25) is 0 Å². The highest BCUT2D eigenvalue weighted by atomic mass is 35.5. The molecule has 22 heavy (non-hydrogen) atoms. The zero-order valence-electron chi connectivity index (χ0n) is 13.4. The van der Waals surface area contributed by atoms with Crippen molar-refractivity contribution in [1.29, 1.82) is 0 Å². The molecule has 2 saturated heterocycles. The third-order valence-corrected chi connectivity index (χ3v) is 4.84. The Morgan fingerprint density at radius 1 is 1.18 bits per heavy atom. The molecular formula is C15H26ClN5O. The molecular weight excluding hydrogens is 302 g/mol. The third kappa shape index (κ3) is 3.43. The minimum absolute atomic E-state index is 0. The van der Waals surface area contributed by atoms with E-state index < -0.39 is 0 Å². The van der Waals surface area contributed by atoms with Gasteiger partial charge in [-0.1, -0.05) is 5.21 Å². The molecule has 124 valence electrons. The number of halogens is 1. The zero-order valence-corrected chi connectivity index (χ0v) is 14.2. The smallest absolute Gasteiger partial charge is 0.276 e. The summed E-state index contributed by atoms with van der Waals surface area (Å²) >= 11 is 0. The van der Waals surface area contributed by atoms with Crippen molar-refractivity contribution in [3.63, 3.8) is 0 Å². The first-order valence-electron chi connectivity index (χ1n) is 8.12. The predicted octanol–water partition coefficient (Wildman–Crippen LogP) is 2.03. The van der Waals surface area contributed by atoms with E-state index in [1.54, 1.807) is 0 Å². The van der Waals surface area contributed by atoms with Gasteiger partial charge in [0.15, 0.2) is 5.69 Å². The highest BCUT2D eigenvalue weighted by molar-refractivity contribution is 5.92. The fourth-order valence-corrected chi connectivity index (χ4v) is 3.58. The summed E-state index contributed by atoms with van der Waals surface area (Å²) in [5.74, 6) is 0.0369. The van der Waals surface area contributed by atoms with Crippen LogP contribution in [0, 0.1) is 0 Å². The Morgan fingerprint density at radius 2 is 1.82 bits per heavy atom. The van der Waals surface area contributed by atoms with Crippen LogP contribution in [-0.4, -0.2) is 51.0 Å². The number of rotatable bonds is 2. The Hall–Kier alpha value is -1.14. The van der Waals surface area contributed by atoms with Crippen molar-refractivity contribution in [3.8, 4) is 0 Å². The van der Waals surface area contributed by atoms with Gasteiger partial charge in [-0.2, -0.15) is 0 Å². The fourth-order valence-electron chi connectivity index (χ4n) is 3.58. The second-order valence-corrected chi connectivity index (χ2v) is 6.41. The molecule has 0 spiro atoms. The van der Waals surface area contributed by atoms with Gasteiger partial charge in [-0.05, 0) is 59.0 Å². The molecule has 0 radical (unpaired) electrons. The molecule has 1 amide bonds. The van der Waals surface area contributed by atoms with Gasteiger partial charge in [-0.15, -0.1) is 17.5 Å². The summed E-state index contributed by atoms with van der Waals surface area (Å²) < 4.78 is 1.88. The van der Waals surface area contributed by atoms with E-state index in [1.165, 1.54) is 6.42 Å². The lowest BCUT2D eigenvalue weighted by atomic mass is 9.97. The quantitative estimate of drug-likeness (QED) is 0.902. The van der Waals surface area contributed by atoms with Gasteiger partial charge in [-0.3, -0.25) is 4.79 Å². The number of hydrogen-bond acceptors (Lipinski definition) is 4. The molecule has 3 heterocycles.